The Kier molecular flexibility index (Phi) is 3.51. The summed E-state index contributed by atoms with van der Waals surface area (Å²) in [5.74, 6) is 1.21. The highest BCUT2D eigenvalue weighted by atomic mass is 16.5. The van der Waals surface area contributed by atoms with Gasteiger partial charge in [0.1, 0.15) is 5.75 Å². The van der Waals surface area contributed by atoms with E-state index in [9.17, 15) is 0 Å². The van der Waals surface area contributed by atoms with Crippen LogP contribution in [-0.2, 0) is 0 Å². The third-order valence-electron chi connectivity index (χ3n) is 3.59. The van der Waals surface area contributed by atoms with E-state index in [1.807, 2.05) is 42.5 Å². The van der Waals surface area contributed by atoms with E-state index < -0.39 is 0 Å². The van der Waals surface area contributed by atoms with Crippen molar-refractivity contribution in [1.29, 1.82) is 0 Å². The number of ether oxygens (including phenoxy) is 1. The highest BCUT2D eigenvalue weighted by Gasteiger charge is 2.10. The molecule has 4 aromatic rings. The minimum absolute atomic E-state index is 0.486. The summed E-state index contributed by atoms with van der Waals surface area (Å²) in [4.78, 5) is 8.86. The predicted molar refractivity (Wildman–Crippen MR) is 90.3 cm³/mol. The number of rotatable bonds is 4. The number of benzene rings is 1. The Bertz CT molecular complexity index is 997. The summed E-state index contributed by atoms with van der Waals surface area (Å²) in [7, 11) is 1.63. The molecule has 7 nitrogen and oxygen atoms in total. The maximum atomic E-state index is 5.34. The highest BCUT2D eigenvalue weighted by molar-refractivity contribution is 5.77. The van der Waals surface area contributed by atoms with Crippen LogP contribution in [0.2, 0.25) is 0 Å². The van der Waals surface area contributed by atoms with Crippen LogP contribution in [0.15, 0.2) is 61.1 Å². The van der Waals surface area contributed by atoms with E-state index in [1.165, 1.54) is 0 Å². The molecule has 24 heavy (non-hydrogen) atoms. The van der Waals surface area contributed by atoms with Crippen molar-refractivity contribution in [2.45, 2.75) is 0 Å². The SMILES string of the molecule is COc1ccccc1Nc1nccc(-c2cnn3ncccc23)n1. The number of hydrogen-bond acceptors (Lipinski definition) is 6. The number of aromatic nitrogens is 5. The van der Waals surface area contributed by atoms with Crippen LogP contribution in [0, 0.1) is 0 Å². The van der Waals surface area contributed by atoms with Gasteiger partial charge in [-0.25, -0.2) is 9.97 Å². The molecule has 0 saturated carbocycles. The van der Waals surface area contributed by atoms with E-state index in [1.54, 1.807) is 30.3 Å². The van der Waals surface area contributed by atoms with Crippen molar-refractivity contribution in [3.8, 4) is 17.0 Å². The number of nitrogens with zero attached hydrogens (tertiary/aromatic N) is 5. The summed E-state index contributed by atoms with van der Waals surface area (Å²) in [6.45, 7) is 0. The minimum Gasteiger partial charge on any atom is -0.495 e. The van der Waals surface area contributed by atoms with Gasteiger partial charge in [-0.15, -0.1) is 0 Å². The lowest BCUT2D eigenvalue weighted by Crippen LogP contribution is -1.99. The van der Waals surface area contributed by atoms with Gasteiger partial charge in [0.25, 0.3) is 0 Å². The van der Waals surface area contributed by atoms with Gasteiger partial charge in [-0.3, -0.25) is 0 Å². The van der Waals surface area contributed by atoms with Crippen LogP contribution >= 0.6 is 0 Å². The lowest BCUT2D eigenvalue weighted by molar-refractivity contribution is 0.417. The fourth-order valence-corrected chi connectivity index (χ4v) is 2.47. The van der Waals surface area contributed by atoms with Crippen molar-refractivity contribution in [2.75, 3.05) is 12.4 Å². The Balaban J connectivity index is 1.71. The topological polar surface area (TPSA) is 77.2 Å². The molecule has 0 amide bonds. The molecule has 118 valence electrons. The first kappa shape index (κ1) is 14.1. The van der Waals surface area contributed by atoms with Crippen LogP contribution in [0.3, 0.4) is 0 Å². The molecular weight excluding hydrogens is 304 g/mol. The monoisotopic (exact) mass is 318 g/mol. The Morgan fingerprint density at radius 3 is 2.83 bits per heavy atom. The van der Waals surface area contributed by atoms with E-state index in [-0.39, 0.29) is 0 Å². The number of anilines is 2. The predicted octanol–water partition coefficient (Wildman–Crippen LogP) is 2.94. The summed E-state index contributed by atoms with van der Waals surface area (Å²) in [6, 6.07) is 13.3. The summed E-state index contributed by atoms with van der Waals surface area (Å²) in [5, 5.41) is 11.6. The molecule has 3 aromatic heterocycles. The largest absolute Gasteiger partial charge is 0.495 e. The van der Waals surface area contributed by atoms with Crippen LogP contribution in [0.1, 0.15) is 0 Å². The van der Waals surface area contributed by atoms with Crippen molar-refractivity contribution < 1.29 is 4.74 Å². The molecule has 0 aliphatic rings. The van der Waals surface area contributed by atoms with E-state index in [0.717, 1.165) is 28.2 Å². The molecule has 1 N–H and O–H groups in total. The molecule has 0 aliphatic carbocycles. The first-order valence-electron chi connectivity index (χ1n) is 7.37. The molecule has 3 heterocycles. The average molecular weight is 318 g/mol. The van der Waals surface area contributed by atoms with Gasteiger partial charge in [0.15, 0.2) is 0 Å². The molecular formula is C17H14N6O. The zero-order valence-corrected chi connectivity index (χ0v) is 12.9. The van der Waals surface area contributed by atoms with Crippen LogP contribution in [0.25, 0.3) is 16.8 Å². The summed E-state index contributed by atoms with van der Waals surface area (Å²) >= 11 is 0. The van der Waals surface area contributed by atoms with Crippen molar-refractivity contribution in [3.05, 3.63) is 61.1 Å². The van der Waals surface area contributed by atoms with E-state index in [4.69, 9.17) is 4.74 Å². The quantitative estimate of drug-likeness (QED) is 0.623. The Labute approximate surface area is 138 Å². The maximum Gasteiger partial charge on any atom is 0.227 e. The number of fused-ring (bicyclic) bond motifs is 1. The summed E-state index contributed by atoms with van der Waals surface area (Å²) < 4.78 is 6.91. The van der Waals surface area contributed by atoms with Crippen molar-refractivity contribution >= 4 is 17.2 Å². The summed E-state index contributed by atoms with van der Waals surface area (Å²) in [5.41, 5.74) is 3.36. The average Bonchev–Trinajstić information content (AvgIpc) is 3.06. The first-order valence-corrected chi connectivity index (χ1v) is 7.37. The lowest BCUT2D eigenvalue weighted by atomic mass is 10.2. The zero-order valence-electron chi connectivity index (χ0n) is 12.9. The molecule has 4 rings (SSSR count). The number of nitrogens with one attached hydrogen (secondary N) is 1. The van der Waals surface area contributed by atoms with Gasteiger partial charge in [-0.05, 0) is 30.3 Å². The van der Waals surface area contributed by atoms with E-state index in [2.05, 4.69) is 25.5 Å². The number of para-hydroxylation sites is 2. The number of methoxy groups -OCH3 is 1. The lowest BCUT2D eigenvalue weighted by Gasteiger charge is -2.10. The smallest absolute Gasteiger partial charge is 0.227 e. The van der Waals surface area contributed by atoms with E-state index in [0.29, 0.717) is 5.95 Å². The zero-order chi connectivity index (χ0) is 16.4. The molecule has 0 fully saturated rings. The van der Waals surface area contributed by atoms with Gasteiger partial charge in [0.2, 0.25) is 5.95 Å². The summed E-state index contributed by atoms with van der Waals surface area (Å²) in [6.07, 6.45) is 5.15. The standard InChI is InChI=1S/C17H14N6O/c1-24-16-7-3-2-5-14(16)22-17-18-10-8-13(21-17)12-11-20-23-15(12)6-4-9-19-23/h2-11H,1H3,(H,18,21,22). The fourth-order valence-electron chi connectivity index (χ4n) is 2.47. The Morgan fingerprint density at radius 1 is 1.00 bits per heavy atom. The third-order valence-corrected chi connectivity index (χ3v) is 3.59. The van der Waals surface area contributed by atoms with Gasteiger partial charge < -0.3 is 10.1 Å². The van der Waals surface area contributed by atoms with Gasteiger partial charge in [-0.2, -0.15) is 14.8 Å². The van der Waals surface area contributed by atoms with Gasteiger partial charge >= 0.3 is 0 Å². The van der Waals surface area contributed by atoms with Gasteiger partial charge in [0, 0.05) is 18.0 Å². The normalized spacial score (nSPS) is 10.7. The van der Waals surface area contributed by atoms with Crippen molar-refractivity contribution in [3.63, 3.8) is 0 Å². The second-order valence-corrected chi connectivity index (χ2v) is 5.05. The Morgan fingerprint density at radius 2 is 1.92 bits per heavy atom. The second-order valence-electron chi connectivity index (χ2n) is 5.05. The molecule has 0 radical (unpaired) electrons. The van der Waals surface area contributed by atoms with Gasteiger partial charge in [0.05, 0.1) is 30.2 Å². The van der Waals surface area contributed by atoms with Crippen LogP contribution in [0.5, 0.6) is 5.75 Å². The second kappa shape index (κ2) is 5.96. The molecule has 7 heteroatoms. The number of hydrogen-bond donors (Lipinski definition) is 1. The molecule has 1 aromatic carbocycles. The molecule has 0 bridgehead atoms. The van der Waals surface area contributed by atoms with Crippen LogP contribution < -0.4 is 10.1 Å². The molecule has 0 atom stereocenters. The molecule has 0 unspecified atom stereocenters. The van der Waals surface area contributed by atoms with E-state index >= 15 is 0 Å². The van der Waals surface area contributed by atoms with Gasteiger partial charge in [-0.1, -0.05) is 12.1 Å². The Hall–Kier alpha value is -3.48. The van der Waals surface area contributed by atoms with Crippen LogP contribution in [-0.4, -0.2) is 31.9 Å². The fraction of sp³-hybridized carbons (Fsp3) is 0.0588. The highest BCUT2D eigenvalue weighted by Crippen LogP contribution is 2.27. The molecule has 0 saturated heterocycles. The van der Waals surface area contributed by atoms with Crippen molar-refractivity contribution in [1.82, 2.24) is 24.8 Å². The van der Waals surface area contributed by atoms with Crippen molar-refractivity contribution in [2.24, 2.45) is 0 Å². The molecule has 0 aliphatic heterocycles. The minimum atomic E-state index is 0.486. The maximum absolute atomic E-state index is 5.34. The third kappa shape index (κ3) is 2.52. The molecule has 0 spiro atoms. The van der Waals surface area contributed by atoms with Crippen LogP contribution in [0.4, 0.5) is 11.6 Å². The first-order chi connectivity index (χ1) is 11.8.